The lowest BCUT2D eigenvalue weighted by molar-refractivity contribution is 0.369. The first-order valence-electron chi connectivity index (χ1n) is 7.98. The third-order valence-corrected chi connectivity index (χ3v) is 4.39. The molecule has 0 bridgehead atoms. The summed E-state index contributed by atoms with van der Waals surface area (Å²) in [4.78, 5) is 0. The van der Waals surface area contributed by atoms with Crippen molar-refractivity contribution in [1.82, 2.24) is 0 Å². The molecule has 0 spiro atoms. The number of fused-ring (bicyclic) bond motifs is 1. The molecule has 20 heavy (non-hydrogen) atoms. The van der Waals surface area contributed by atoms with Crippen LogP contribution in [0.15, 0.2) is 42.5 Å². The van der Waals surface area contributed by atoms with Gasteiger partial charge in [0.25, 0.3) is 0 Å². The number of hydrogen-bond acceptors (Lipinski definition) is 1. The molecule has 108 valence electrons. The fraction of sp³-hybridized carbons (Fsp3) is 0.474. The summed E-state index contributed by atoms with van der Waals surface area (Å²) in [5, 5.41) is 2.68. The highest BCUT2D eigenvalue weighted by Crippen LogP contribution is 2.23. The van der Waals surface area contributed by atoms with Gasteiger partial charge in [-0.3, -0.25) is 0 Å². The van der Waals surface area contributed by atoms with Crippen molar-refractivity contribution in [2.24, 2.45) is 11.7 Å². The van der Waals surface area contributed by atoms with Crippen LogP contribution in [0.5, 0.6) is 0 Å². The Bertz CT molecular complexity index is 527. The zero-order valence-corrected chi connectivity index (χ0v) is 12.8. The lowest BCUT2D eigenvalue weighted by atomic mass is 9.87. The molecule has 2 aromatic rings. The first-order valence-corrected chi connectivity index (χ1v) is 7.98. The average molecular weight is 269 g/mol. The third kappa shape index (κ3) is 3.61. The highest BCUT2D eigenvalue weighted by atomic mass is 14.6. The Morgan fingerprint density at radius 2 is 1.75 bits per heavy atom. The molecule has 0 radical (unpaired) electrons. The van der Waals surface area contributed by atoms with Crippen LogP contribution in [0, 0.1) is 5.92 Å². The summed E-state index contributed by atoms with van der Waals surface area (Å²) in [6.07, 6.45) is 5.99. The van der Waals surface area contributed by atoms with E-state index in [1.54, 1.807) is 0 Å². The molecule has 0 amide bonds. The standard InChI is InChI=1S/C19H27N/c1-3-5-9-15(4-2)19(20)14-17-12-8-11-16-10-6-7-13-18(16)17/h6-8,10-13,15,19H,3-5,9,14,20H2,1-2H3. The predicted molar refractivity (Wildman–Crippen MR) is 88.9 cm³/mol. The van der Waals surface area contributed by atoms with Crippen molar-refractivity contribution in [2.75, 3.05) is 0 Å². The van der Waals surface area contributed by atoms with Crippen molar-refractivity contribution in [2.45, 2.75) is 52.0 Å². The van der Waals surface area contributed by atoms with E-state index >= 15 is 0 Å². The summed E-state index contributed by atoms with van der Waals surface area (Å²) in [6.45, 7) is 4.52. The van der Waals surface area contributed by atoms with Crippen LogP contribution in [0.3, 0.4) is 0 Å². The van der Waals surface area contributed by atoms with Crippen molar-refractivity contribution >= 4 is 10.8 Å². The van der Waals surface area contributed by atoms with E-state index in [9.17, 15) is 0 Å². The molecule has 0 heterocycles. The summed E-state index contributed by atoms with van der Waals surface area (Å²) in [5.74, 6) is 0.647. The maximum atomic E-state index is 6.49. The lowest BCUT2D eigenvalue weighted by Crippen LogP contribution is -2.32. The Labute approximate surface area is 123 Å². The Morgan fingerprint density at radius 1 is 1.00 bits per heavy atom. The molecule has 1 heteroatoms. The largest absolute Gasteiger partial charge is 0.327 e. The summed E-state index contributed by atoms with van der Waals surface area (Å²) in [7, 11) is 0. The molecule has 0 aromatic heterocycles. The van der Waals surface area contributed by atoms with E-state index in [1.165, 1.54) is 42.0 Å². The normalized spacial score (nSPS) is 14.3. The van der Waals surface area contributed by atoms with Gasteiger partial charge in [0, 0.05) is 6.04 Å². The molecule has 2 rings (SSSR count). The van der Waals surface area contributed by atoms with Gasteiger partial charge in [0.2, 0.25) is 0 Å². The van der Waals surface area contributed by atoms with Crippen LogP contribution in [0.25, 0.3) is 10.8 Å². The highest BCUT2D eigenvalue weighted by Gasteiger charge is 2.16. The van der Waals surface area contributed by atoms with Gasteiger partial charge in [-0.15, -0.1) is 0 Å². The van der Waals surface area contributed by atoms with E-state index in [1.807, 2.05) is 0 Å². The van der Waals surface area contributed by atoms with Gasteiger partial charge in [-0.2, -0.15) is 0 Å². The Hall–Kier alpha value is -1.34. The van der Waals surface area contributed by atoms with Crippen LogP contribution >= 0.6 is 0 Å². The Balaban J connectivity index is 2.14. The quantitative estimate of drug-likeness (QED) is 0.758. The maximum Gasteiger partial charge on any atom is 0.0108 e. The molecule has 0 aliphatic carbocycles. The van der Waals surface area contributed by atoms with E-state index in [0.29, 0.717) is 5.92 Å². The molecular weight excluding hydrogens is 242 g/mol. The van der Waals surface area contributed by atoms with Gasteiger partial charge in [0.05, 0.1) is 0 Å². The minimum Gasteiger partial charge on any atom is -0.327 e. The van der Waals surface area contributed by atoms with Crippen LogP contribution in [0.1, 0.15) is 45.1 Å². The molecule has 2 N–H and O–H groups in total. The maximum absolute atomic E-state index is 6.49. The number of unbranched alkanes of at least 4 members (excludes halogenated alkanes) is 1. The van der Waals surface area contributed by atoms with Crippen LogP contribution in [-0.4, -0.2) is 6.04 Å². The van der Waals surface area contributed by atoms with Gasteiger partial charge < -0.3 is 5.73 Å². The Kier molecular flexibility index (Phi) is 5.60. The topological polar surface area (TPSA) is 26.0 Å². The van der Waals surface area contributed by atoms with E-state index in [-0.39, 0.29) is 6.04 Å². The van der Waals surface area contributed by atoms with Crippen molar-refractivity contribution in [1.29, 1.82) is 0 Å². The summed E-state index contributed by atoms with van der Waals surface area (Å²) in [5.41, 5.74) is 7.89. The minimum absolute atomic E-state index is 0.275. The molecule has 2 unspecified atom stereocenters. The van der Waals surface area contributed by atoms with Crippen molar-refractivity contribution < 1.29 is 0 Å². The molecule has 0 aliphatic heterocycles. The fourth-order valence-electron chi connectivity index (χ4n) is 3.08. The average Bonchev–Trinajstić information content (AvgIpc) is 2.48. The second kappa shape index (κ2) is 7.44. The Morgan fingerprint density at radius 3 is 2.50 bits per heavy atom. The zero-order valence-electron chi connectivity index (χ0n) is 12.8. The van der Waals surface area contributed by atoms with Crippen molar-refractivity contribution in [3.63, 3.8) is 0 Å². The number of benzene rings is 2. The van der Waals surface area contributed by atoms with E-state index in [4.69, 9.17) is 5.73 Å². The third-order valence-electron chi connectivity index (χ3n) is 4.39. The highest BCUT2D eigenvalue weighted by molar-refractivity contribution is 5.85. The van der Waals surface area contributed by atoms with Gasteiger partial charge in [0.1, 0.15) is 0 Å². The monoisotopic (exact) mass is 269 g/mol. The number of rotatable bonds is 7. The van der Waals surface area contributed by atoms with Crippen molar-refractivity contribution in [3.05, 3.63) is 48.0 Å². The summed E-state index contributed by atoms with van der Waals surface area (Å²) >= 11 is 0. The second-order valence-electron chi connectivity index (χ2n) is 5.82. The van der Waals surface area contributed by atoms with E-state index < -0.39 is 0 Å². The smallest absolute Gasteiger partial charge is 0.0108 e. The lowest BCUT2D eigenvalue weighted by Gasteiger charge is -2.23. The fourth-order valence-corrected chi connectivity index (χ4v) is 3.08. The van der Waals surface area contributed by atoms with Crippen LogP contribution in [0.4, 0.5) is 0 Å². The van der Waals surface area contributed by atoms with Gasteiger partial charge in [0.15, 0.2) is 0 Å². The van der Waals surface area contributed by atoms with Crippen LogP contribution in [0.2, 0.25) is 0 Å². The molecular formula is C19H27N. The van der Waals surface area contributed by atoms with Gasteiger partial charge in [-0.1, -0.05) is 75.6 Å². The zero-order chi connectivity index (χ0) is 14.4. The second-order valence-corrected chi connectivity index (χ2v) is 5.82. The van der Waals surface area contributed by atoms with Crippen LogP contribution in [-0.2, 0) is 6.42 Å². The van der Waals surface area contributed by atoms with E-state index in [2.05, 4.69) is 56.3 Å². The first kappa shape index (κ1) is 15.1. The van der Waals surface area contributed by atoms with Gasteiger partial charge in [-0.05, 0) is 35.1 Å². The predicted octanol–water partition coefficient (Wildman–Crippen LogP) is 4.93. The number of nitrogens with two attached hydrogens (primary N) is 1. The van der Waals surface area contributed by atoms with Gasteiger partial charge in [-0.25, -0.2) is 0 Å². The molecule has 1 nitrogen and oxygen atoms in total. The SMILES string of the molecule is CCCCC(CC)C(N)Cc1cccc2ccccc12. The van der Waals surface area contributed by atoms with Crippen LogP contribution < -0.4 is 5.73 Å². The van der Waals surface area contributed by atoms with E-state index in [0.717, 1.165) is 6.42 Å². The van der Waals surface area contributed by atoms with Crippen molar-refractivity contribution in [3.8, 4) is 0 Å². The molecule has 0 saturated carbocycles. The van der Waals surface area contributed by atoms with Gasteiger partial charge >= 0.3 is 0 Å². The molecule has 0 aliphatic rings. The molecule has 2 aromatic carbocycles. The molecule has 0 saturated heterocycles. The minimum atomic E-state index is 0.275. The number of hydrogen-bond donors (Lipinski definition) is 1. The summed E-state index contributed by atoms with van der Waals surface area (Å²) in [6, 6.07) is 15.4. The first-order chi connectivity index (χ1) is 9.76. The summed E-state index contributed by atoms with van der Waals surface area (Å²) < 4.78 is 0. The molecule has 0 fully saturated rings. The molecule has 2 atom stereocenters.